The number of carbonyl (C=O) groups is 2. The Morgan fingerprint density at radius 3 is 2.35 bits per heavy atom. The molecule has 1 heterocycles. The maximum Gasteiger partial charge on any atom is 0.259 e. The summed E-state index contributed by atoms with van der Waals surface area (Å²) in [5, 5.41) is 2.80. The number of pyridine rings is 1. The van der Waals surface area contributed by atoms with Gasteiger partial charge in [-0.05, 0) is 32.3 Å². The highest BCUT2D eigenvalue weighted by molar-refractivity contribution is 5.99. The Hall–Kier alpha value is -3.09. The van der Waals surface area contributed by atoms with Crippen molar-refractivity contribution in [2.75, 3.05) is 20.7 Å². The summed E-state index contributed by atoms with van der Waals surface area (Å²) >= 11 is 0. The molecule has 0 atom stereocenters. The highest BCUT2D eigenvalue weighted by Crippen LogP contribution is 2.19. The molecule has 1 aromatic carbocycles. The van der Waals surface area contributed by atoms with Gasteiger partial charge in [-0.25, -0.2) is 0 Å². The molecular weight excluding hydrogens is 394 g/mol. The van der Waals surface area contributed by atoms with E-state index in [4.69, 9.17) is 4.74 Å². The van der Waals surface area contributed by atoms with Crippen molar-refractivity contribution in [1.29, 1.82) is 0 Å². The quantitative estimate of drug-likeness (QED) is 0.667. The van der Waals surface area contributed by atoms with Gasteiger partial charge >= 0.3 is 0 Å². The number of para-hydroxylation sites is 1. The van der Waals surface area contributed by atoms with E-state index >= 15 is 0 Å². The molecule has 0 aliphatic carbocycles. The lowest BCUT2D eigenvalue weighted by Gasteiger charge is -2.22. The summed E-state index contributed by atoms with van der Waals surface area (Å²) < 4.78 is 7.10. The molecule has 0 aliphatic heterocycles. The predicted molar refractivity (Wildman–Crippen MR) is 122 cm³/mol. The normalized spacial score (nSPS) is 11.0. The maximum atomic E-state index is 13.1. The summed E-state index contributed by atoms with van der Waals surface area (Å²) in [4.78, 5) is 40.3. The topological polar surface area (TPSA) is 80.6 Å². The summed E-state index contributed by atoms with van der Waals surface area (Å²) in [5.74, 6) is 0.235. The fourth-order valence-corrected chi connectivity index (χ4v) is 3.06. The Balaban J connectivity index is 2.49. The number of nitrogens with one attached hydrogen (secondary N) is 1. The minimum atomic E-state index is -0.559. The Morgan fingerprint density at radius 1 is 1.10 bits per heavy atom. The summed E-state index contributed by atoms with van der Waals surface area (Å²) in [6, 6.07) is 7.42. The molecule has 7 heteroatoms. The van der Waals surface area contributed by atoms with Crippen molar-refractivity contribution in [1.82, 2.24) is 14.8 Å². The zero-order valence-corrected chi connectivity index (χ0v) is 19.3. The third-order valence-electron chi connectivity index (χ3n) is 5.20. The molecule has 0 radical (unpaired) electrons. The van der Waals surface area contributed by atoms with Crippen LogP contribution in [0.2, 0.25) is 0 Å². The number of methoxy groups -OCH3 is 1. The lowest BCUT2D eigenvalue weighted by atomic mass is 10.1. The van der Waals surface area contributed by atoms with Crippen LogP contribution in [0.3, 0.4) is 0 Å². The fraction of sp³-hybridized carbons (Fsp3) is 0.458. The first-order valence-corrected chi connectivity index (χ1v) is 10.6. The van der Waals surface area contributed by atoms with E-state index in [-0.39, 0.29) is 17.2 Å². The zero-order valence-electron chi connectivity index (χ0n) is 19.3. The molecule has 7 nitrogen and oxygen atoms in total. The Kier molecular flexibility index (Phi) is 8.42. The van der Waals surface area contributed by atoms with Gasteiger partial charge in [0.25, 0.3) is 11.8 Å². The minimum Gasteiger partial charge on any atom is -0.496 e. The summed E-state index contributed by atoms with van der Waals surface area (Å²) in [7, 11) is 3.23. The maximum absolute atomic E-state index is 13.1. The molecule has 0 aliphatic rings. The molecular formula is C24H33N3O4. The van der Waals surface area contributed by atoms with Crippen LogP contribution in [0.15, 0.2) is 41.5 Å². The number of carbonyl (C=O) groups excluding carboxylic acids is 2. The minimum absolute atomic E-state index is 0.0254. The highest BCUT2D eigenvalue weighted by atomic mass is 16.5. The standard InChI is InChI=1S/C24H33N3O4/c1-16(2)11-12-25-23(29)19-14-27(13-18-9-7-8-10-21(18)31-6)15-20(22(19)28)24(30)26(5)17(3)4/h7-10,14-17H,11-13H2,1-6H3,(H,25,29). The van der Waals surface area contributed by atoms with Gasteiger partial charge < -0.3 is 19.5 Å². The lowest BCUT2D eigenvalue weighted by Crippen LogP contribution is -2.39. The van der Waals surface area contributed by atoms with Crippen LogP contribution < -0.4 is 15.5 Å². The van der Waals surface area contributed by atoms with Gasteiger partial charge in [-0.2, -0.15) is 0 Å². The number of rotatable bonds is 9. The molecule has 1 N–H and O–H groups in total. The summed E-state index contributed by atoms with van der Waals surface area (Å²) in [6.45, 7) is 8.68. The van der Waals surface area contributed by atoms with E-state index < -0.39 is 17.2 Å². The second kappa shape index (κ2) is 10.8. The Bertz CT molecular complexity index is 979. The molecule has 0 spiro atoms. The molecule has 2 rings (SSSR count). The molecule has 0 bridgehead atoms. The highest BCUT2D eigenvalue weighted by Gasteiger charge is 2.23. The molecule has 2 aromatic rings. The van der Waals surface area contributed by atoms with Crippen molar-refractivity contribution in [3.63, 3.8) is 0 Å². The van der Waals surface area contributed by atoms with Crippen LogP contribution in [0.4, 0.5) is 0 Å². The van der Waals surface area contributed by atoms with E-state index in [1.165, 1.54) is 17.3 Å². The van der Waals surface area contributed by atoms with Crippen molar-refractivity contribution in [2.24, 2.45) is 5.92 Å². The fourth-order valence-electron chi connectivity index (χ4n) is 3.06. The van der Waals surface area contributed by atoms with Gasteiger partial charge in [0.1, 0.15) is 16.9 Å². The number of ether oxygens (including phenoxy) is 1. The second-order valence-electron chi connectivity index (χ2n) is 8.35. The van der Waals surface area contributed by atoms with Crippen molar-refractivity contribution in [3.05, 3.63) is 63.6 Å². The lowest BCUT2D eigenvalue weighted by molar-refractivity contribution is 0.0752. The molecule has 0 saturated heterocycles. The van der Waals surface area contributed by atoms with Crippen molar-refractivity contribution in [3.8, 4) is 5.75 Å². The second-order valence-corrected chi connectivity index (χ2v) is 8.35. The first-order chi connectivity index (χ1) is 14.6. The van der Waals surface area contributed by atoms with E-state index in [0.29, 0.717) is 24.8 Å². The van der Waals surface area contributed by atoms with Gasteiger partial charge in [-0.15, -0.1) is 0 Å². The third-order valence-corrected chi connectivity index (χ3v) is 5.20. The molecule has 1 aromatic heterocycles. The molecule has 0 fully saturated rings. The average Bonchev–Trinajstić information content (AvgIpc) is 2.73. The number of benzene rings is 1. The SMILES string of the molecule is COc1ccccc1Cn1cc(C(=O)NCCC(C)C)c(=O)c(C(=O)N(C)C(C)C)c1. The molecule has 2 amide bonds. The number of hydrogen-bond donors (Lipinski definition) is 1. The van der Waals surface area contributed by atoms with Crippen molar-refractivity contribution >= 4 is 11.8 Å². The van der Waals surface area contributed by atoms with Gasteiger partial charge in [0, 0.05) is 37.6 Å². The summed E-state index contributed by atoms with van der Waals surface area (Å²) in [6.07, 6.45) is 3.82. The van der Waals surface area contributed by atoms with Crippen LogP contribution in [-0.2, 0) is 6.54 Å². The Morgan fingerprint density at radius 2 is 1.74 bits per heavy atom. The third kappa shape index (κ3) is 6.20. The number of hydrogen-bond acceptors (Lipinski definition) is 4. The van der Waals surface area contributed by atoms with E-state index in [0.717, 1.165) is 12.0 Å². The van der Waals surface area contributed by atoms with Crippen LogP contribution in [0.25, 0.3) is 0 Å². The van der Waals surface area contributed by atoms with Gasteiger partial charge in [0.2, 0.25) is 5.43 Å². The average molecular weight is 428 g/mol. The van der Waals surface area contributed by atoms with E-state index in [2.05, 4.69) is 19.2 Å². The molecule has 31 heavy (non-hydrogen) atoms. The van der Waals surface area contributed by atoms with Crippen LogP contribution >= 0.6 is 0 Å². The zero-order chi connectivity index (χ0) is 23.1. The van der Waals surface area contributed by atoms with Crippen LogP contribution in [-0.4, -0.2) is 48.0 Å². The van der Waals surface area contributed by atoms with E-state index in [1.807, 2.05) is 38.1 Å². The first-order valence-electron chi connectivity index (χ1n) is 10.6. The smallest absolute Gasteiger partial charge is 0.259 e. The van der Waals surface area contributed by atoms with Gasteiger partial charge in [0.05, 0.1) is 13.7 Å². The Labute approximate surface area is 184 Å². The number of aromatic nitrogens is 1. The number of nitrogens with zero attached hydrogens (tertiary/aromatic N) is 2. The molecule has 168 valence electrons. The monoisotopic (exact) mass is 427 g/mol. The van der Waals surface area contributed by atoms with Crippen molar-refractivity contribution in [2.45, 2.75) is 46.7 Å². The van der Waals surface area contributed by atoms with Crippen LogP contribution in [0.5, 0.6) is 5.75 Å². The van der Waals surface area contributed by atoms with E-state index in [9.17, 15) is 14.4 Å². The summed E-state index contributed by atoms with van der Waals surface area (Å²) in [5.41, 5.74) is 0.246. The van der Waals surface area contributed by atoms with Crippen LogP contribution in [0, 0.1) is 5.92 Å². The van der Waals surface area contributed by atoms with Crippen LogP contribution in [0.1, 0.15) is 60.4 Å². The predicted octanol–water partition coefficient (Wildman–Crippen LogP) is 3.16. The number of amides is 2. The van der Waals surface area contributed by atoms with Gasteiger partial charge in [-0.1, -0.05) is 32.0 Å². The molecule has 0 saturated carbocycles. The van der Waals surface area contributed by atoms with Crippen molar-refractivity contribution < 1.29 is 14.3 Å². The molecule has 0 unspecified atom stereocenters. The van der Waals surface area contributed by atoms with Gasteiger partial charge in [0.15, 0.2) is 0 Å². The largest absolute Gasteiger partial charge is 0.496 e. The van der Waals surface area contributed by atoms with Gasteiger partial charge in [-0.3, -0.25) is 14.4 Å². The van der Waals surface area contributed by atoms with E-state index in [1.54, 1.807) is 18.7 Å². The first kappa shape index (κ1) is 24.2.